The Labute approximate surface area is 123 Å². The summed E-state index contributed by atoms with van der Waals surface area (Å²) in [6, 6.07) is 1.88. The molecule has 0 N–H and O–H groups in total. The summed E-state index contributed by atoms with van der Waals surface area (Å²) >= 11 is 1.51. The number of piperazine rings is 1. The summed E-state index contributed by atoms with van der Waals surface area (Å²) in [7, 11) is -3.04. The monoisotopic (exact) mass is 314 g/mol. The van der Waals surface area contributed by atoms with Gasteiger partial charge in [-0.2, -0.15) is 4.31 Å². The van der Waals surface area contributed by atoms with Gasteiger partial charge in [0.15, 0.2) is 5.16 Å². The average Bonchev–Trinajstić information content (AvgIpc) is 3.32. The van der Waals surface area contributed by atoms with Crippen LogP contribution in [-0.4, -0.2) is 60.4 Å². The Hall–Kier alpha value is -0.860. The van der Waals surface area contributed by atoms with E-state index in [1.165, 1.54) is 11.8 Å². The van der Waals surface area contributed by atoms with Crippen molar-refractivity contribution in [1.29, 1.82) is 0 Å². The molecule has 1 aromatic rings. The number of rotatable bonds is 4. The van der Waals surface area contributed by atoms with E-state index in [9.17, 15) is 8.42 Å². The van der Waals surface area contributed by atoms with Crippen molar-refractivity contribution in [2.75, 3.05) is 37.3 Å². The molecule has 0 unspecified atom stereocenters. The summed E-state index contributed by atoms with van der Waals surface area (Å²) in [5.74, 6) is 0.882. The van der Waals surface area contributed by atoms with Gasteiger partial charge in [0.05, 0.1) is 5.25 Å². The van der Waals surface area contributed by atoms with Crippen LogP contribution in [0.25, 0.3) is 0 Å². The van der Waals surface area contributed by atoms with Crippen molar-refractivity contribution >= 4 is 27.6 Å². The topological polar surface area (TPSA) is 66.4 Å². The van der Waals surface area contributed by atoms with E-state index in [0.29, 0.717) is 26.2 Å². The summed E-state index contributed by atoms with van der Waals surface area (Å²) in [4.78, 5) is 10.7. The lowest BCUT2D eigenvalue weighted by atomic mass is 10.3. The molecule has 110 valence electrons. The van der Waals surface area contributed by atoms with Crippen LogP contribution < -0.4 is 4.90 Å². The summed E-state index contributed by atoms with van der Waals surface area (Å²) in [6.45, 7) is 2.49. The fourth-order valence-corrected chi connectivity index (χ4v) is 4.53. The molecule has 2 fully saturated rings. The molecule has 0 atom stereocenters. The molecular weight excluding hydrogens is 296 g/mol. The van der Waals surface area contributed by atoms with Crippen molar-refractivity contribution in [2.45, 2.75) is 23.2 Å². The Balaban J connectivity index is 1.66. The van der Waals surface area contributed by atoms with Crippen LogP contribution in [0.1, 0.15) is 12.8 Å². The number of thioether (sulfide) groups is 1. The van der Waals surface area contributed by atoms with E-state index in [0.717, 1.165) is 23.8 Å². The van der Waals surface area contributed by atoms with Gasteiger partial charge in [-0.15, -0.1) is 0 Å². The number of hydrogen-bond acceptors (Lipinski definition) is 6. The molecule has 6 nitrogen and oxygen atoms in total. The Kier molecular flexibility index (Phi) is 3.87. The van der Waals surface area contributed by atoms with E-state index in [1.807, 2.05) is 12.3 Å². The van der Waals surface area contributed by atoms with Crippen LogP contribution in [0.5, 0.6) is 0 Å². The molecule has 8 heteroatoms. The molecule has 2 heterocycles. The summed E-state index contributed by atoms with van der Waals surface area (Å²) in [5.41, 5.74) is 0. The molecule has 3 rings (SSSR count). The van der Waals surface area contributed by atoms with E-state index >= 15 is 0 Å². The zero-order valence-electron chi connectivity index (χ0n) is 11.4. The Morgan fingerprint density at radius 2 is 1.95 bits per heavy atom. The highest BCUT2D eigenvalue weighted by molar-refractivity contribution is 7.98. The predicted octanol–water partition coefficient (Wildman–Crippen LogP) is 0.813. The zero-order chi connectivity index (χ0) is 14.2. The van der Waals surface area contributed by atoms with Crippen molar-refractivity contribution in [2.24, 2.45) is 0 Å². The number of hydrogen-bond donors (Lipinski definition) is 0. The highest BCUT2D eigenvalue weighted by Gasteiger charge is 2.41. The SMILES string of the molecule is CSc1nccc(N2CCN(S(=O)(=O)C3CC3)CC2)n1. The Morgan fingerprint density at radius 1 is 1.25 bits per heavy atom. The van der Waals surface area contributed by atoms with E-state index < -0.39 is 10.0 Å². The van der Waals surface area contributed by atoms with Crippen LogP contribution in [0.4, 0.5) is 5.82 Å². The van der Waals surface area contributed by atoms with Gasteiger partial charge in [0, 0.05) is 32.4 Å². The first-order valence-corrected chi connectivity index (χ1v) is 9.45. The minimum Gasteiger partial charge on any atom is -0.354 e. The fourth-order valence-electron chi connectivity index (χ4n) is 2.35. The van der Waals surface area contributed by atoms with Gasteiger partial charge in [-0.25, -0.2) is 18.4 Å². The second-order valence-electron chi connectivity index (χ2n) is 5.03. The van der Waals surface area contributed by atoms with Gasteiger partial charge in [-0.3, -0.25) is 0 Å². The lowest BCUT2D eigenvalue weighted by Crippen LogP contribution is -2.49. The normalized spacial score (nSPS) is 21.1. The first kappa shape index (κ1) is 14.1. The van der Waals surface area contributed by atoms with Gasteiger partial charge >= 0.3 is 0 Å². The highest BCUT2D eigenvalue weighted by Crippen LogP contribution is 2.31. The number of aromatic nitrogens is 2. The smallest absolute Gasteiger partial charge is 0.217 e. The summed E-state index contributed by atoms with van der Waals surface area (Å²) < 4.78 is 26.0. The minimum absolute atomic E-state index is 0.115. The molecule has 0 bridgehead atoms. The molecule has 1 saturated carbocycles. The third-order valence-corrected chi connectivity index (χ3v) is 6.63. The quantitative estimate of drug-likeness (QED) is 0.605. The van der Waals surface area contributed by atoms with Crippen LogP contribution in [0.3, 0.4) is 0 Å². The lowest BCUT2D eigenvalue weighted by Gasteiger charge is -2.34. The van der Waals surface area contributed by atoms with E-state index in [1.54, 1.807) is 10.5 Å². The van der Waals surface area contributed by atoms with E-state index in [-0.39, 0.29) is 5.25 Å². The third-order valence-electron chi connectivity index (χ3n) is 3.67. The average molecular weight is 314 g/mol. The molecule has 0 amide bonds. The second-order valence-corrected chi connectivity index (χ2v) is 8.02. The molecule has 1 aliphatic heterocycles. The third kappa shape index (κ3) is 2.77. The van der Waals surface area contributed by atoms with E-state index in [4.69, 9.17) is 0 Å². The number of sulfonamides is 1. The molecule has 0 radical (unpaired) electrons. The van der Waals surface area contributed by atoms with Gasteiger partial charge < -0.3 is 4.90 Å². The van der Waals surface area contributed by atoms with Gasteiger partial charge in [-0.05, 0) is 25.2 Å². The number of nitrogens with zero attached hydrogens (tertiary/aromatic N) is 4. The maximum absolute atomic E-state index is 12.2. The molecule has 2 aliphatic rings. The standard InChI is InChI=1S/C12H18N4O2S2/c1-19-12-13-5-4-11(14-12)15-6-8-16(9-7-15)20(17,18)10-2-3-10/h4-5,10H,2-3,6-9H2,1H3. The van der Waals surface area contributed by atoms with Crippen LogP contribution >= 0.6 is 11.8 Å². The Morgan fingerprint density at radius 3 is 2.55 bits per heavy atom. The molecule has 1 aliphatic carbocycles. The highest BCUT2D eigenvalue weighted by atomic mass is 32.2. The maximum Gasteiger partial charge on any atom is 0.217 e. The molecule has 1 aromatic heterocycles. The second kappa shape index (κ2) is 5.50. The largest absolute Gasteiger partial charge is 0.354 e. The molecular formula is C12H18N4O2S2. The van der Waals surface area contributed by atoms with Gasteiger partial charge in [-0.1, -0.05) is 11.8 Å². The van der Waals surface area contributed by atoms with Gasteiger partial charge in [0.1, 0.15) is 5.82 Å². The van der Waals surface area contributed by atoms with Crippen LogP contribution in [0, 0.1) is 0 Å². The van der Waals surface area contributed by atoms with Crippen LogP contribution in [-0.2, 0) is 10.0 Å². The number of anilines is 1. The minimum atomic E-state index is -3.04. The van der Waals surface area contributed by atoms with Crippen molar-refractivity contribution in [3.05, 3.63) is 12.3 Å². The molecule has 0 spiro atoms. The summed E-state index contributed by atoms with van der Waals surface area (Å²) in [6.07, 6.45) is 5.35. The van der Waals surface area contributed by atoms with Crippen molar-refractivity contribution < 1.29 is 8.42 Å². The zero-order valence-corrected chi connectivity index (χ0v) is 13.0. The van der Waals surface area contributed by atoms with Gasteiger partial charge in [0.25, 0.3) is 0 Å². The van der Waals surface area contributed by atoms with Crippen LogP contribution in [0.2, 0.25) is 0 Å². The molecule has 0 aromatic carbocycles. The lowest BCUT2D eigenvalue weighted by molar-refractivity contribution is 0.383. The molecule has 1 saturated heterocycles. The Bertz CT molecular complexity index is 581. The van der Waals surface area contributed by atoms with Crippen LogP contribution in [0.15, 0.2) is 17.4 Å². The van der Waals surface area contributed by atoms with Gasteiger partial charge in [0.2, 0.25) is 10.0 Å². The summed E-state index contributed by atoms with van der Waals surface area (Å²) in [5, 5.41) is 0.631. The van der Waals surface area contributed by atoms with Crippen molar-refractivity contribution in [1.82, 2.24) is 14.3 Å². The fraction of sp³-hybridized carbons (Fsp3) is 0.667. The molecule has 20 heavy (non-hydrogen) atoms. The maximum atomic E-state index is 12.2. The van der Waals surface area contributed by atoms with Crippen molar-refractivity contribution in [3.8, 4) is 0 Å². The predicted molar refractivity (Wildman–Crippen MR) is 79.5 cm³/mol. The van der Waals surface area contributed by atoms with E-state index in [2.05, 4.69) is 14.9 Å². The first-order chi connectivity index (χ1) is 9.61. The van der Waals surface area contributed by atoms with Crippen molar-refractivity contribution in [3.63, 3.8) is 0 Å². The first-order valence-electron chi connectivity index (χ1n) is 6.72.